The minimum atomic E-state index is -1.15. The van der Waals surface area contributed by atoms with Crippen LogP contribution in [-0.2, 0) is 4.79 Å². The van der Waals surface area contributed by atoms with E-state index in [0.29, 0.717) is 19.3 Å². The Morgan fingerprint density at radius 1 is 0.952 bits per heavy atom. The molecule has 0 aromatic rings. The van der Waals surface area contributed by atoms with E-state index in [2.05, 4.69) is 10.6 Å². The van der Waals surface area contributed by atoms with Gasteiger partial charge in [0.2, 0.25) is 0 Å². The first kappa shape index (κ1) is 16.1. The highest BCUT2D eigenvalue weighted by Gasteiger charge is 2.40. The highest BCUT2D eigenvalue weighted by Crippen LogP contribution is 2.27. The first-order chi connectivity index (χ1) is 10.0. The van der Waals surface area contributed by atoms with Gasteiger partial charge in [-0.25, -0.2) is 9.59 Å². The summed E-state index contributed by atoms with van der Waals surface area (Å²) < 4.78 is 0. The molecule has 2 atom stereocenters. The van der Waals surface area contributed by atoms with Gasteiger partial charge < -0.3 is 20.8 Å². The van der Waals surface area contributed by atoms with Gasteiger partial charge in [-0.15, -0.1) is 0 Å². The van der Waals surface area contributed by atoms with Gasteiger partial charge >= 0.3 is 12.0 Å². The number of hydrogen-bond acceptors (Lipinski definition) is 3. The van der Waals surface area contributed by atoms with Crippen molar-refractivity contribution >= 4 is 12.0 Å². The molecule has 2 rings (SSSR count). The molecule has 0 spiro atoms. The monoisotopic (exact) mass is 298 g/mol. The lowest BCUT2D eigenvalue weighted by atomic mass is 9.90. The number of carbonyl (C=O) groups excluding carboxylic acids is 1. The standard InChI is InChI=1S/C15H26N2O4/c18-12-8-4-3-7-11(12)16-14(21)17-15(13(19)20)9-5-1-2-6-10-15/h11-12,18H,1-10H2,(H,19,20)(H2,16,17,21). The van der Waals surface area contributed by atoms with E-state index >= 15 is 0 Å². The van der Waals surface area contributed by atoms with Gasteiger partial charge in [0.15, 0.2) is 0 Å². The third-order valence-corrected chi connectivity index (χ3v) is 4.77. The average molecular weight is 298 g/mol. The minimum absolute atomic E-state index is 0.268. The maximum Gasteiger partial charge on any atom is 0.329 e. The van der Waals surface area contributed by atoms with E-state index in [1.54, 1.807) is 0 Å². The van der Waals surface area contributed by atoms with Gasteiger partial charge in [-0.1, -0.05) is 38.5 Å². The Morgan fingerprint density at radius 3 is 2.14 bits per heavy atom. The molecule has 0 radical (unpaired) electrons. The largest absolute Gasteiger partial charge is 0.480 e. The molecule has 0 saturated heterocycles. The van der Waals surface area contributed by atoms with Gasteiger partial charge in [-0.05, 0) is 25.7 Å². The molecule has 21 heavy (non-hydrogen) atoms. The molecule has 0 bridgehead atoms. The van der Waals surface area contributed by atoms with Gasteiger partial charge in [0, 0.05) is 0 Å². The molecule has 2 aliphatic rings. The van der Waals surface area contributed by atoms with E-state index in [-0.39, 0.29) is 6.04 Å². The van der Waals surface area contributed by atoms with Crippen molar-refractivity contribution in [3.8, 4) is 0 Å². The molecule has 0 aliphatic heterocycles. The zero-order chi connectivity index (χ0) is 15.3. The molecule has 0 aromatic heterocycles. The van der Waals surface area contributed by atoms with Crippen LogP contribution in [0.5, 0.6) is 0 Å². The fourth-order valence-electron chi connectivity index (χ4n) is 3.43. The number of aliphatic carboxylic acids is 1. The molecule has 2 fully saturated rings. The first-order valence-corrected chi connectivity index (χ1v) is 8.04. The van der Waals surface area contributed by atoms with Gasteiger partial charge in [0.05, 0.1) is 12.1 Å². The summed E-state index contributed by atoms with van der Waals surface area (Å²) in [6.45, 7) is 0. The zero-order valence-corrected chi connectivity index (χ0v) is 12.4. The Kier molecular flexibility index (Phi) is 5.45. The fraction of sp³-hybridized carbons (Fsp3) is 0.867. The molecular formula is C15H26N2O4. The average Bonchev–Trinajstić information content (AvgIpc) is 2.68. The van der Waals surface area contributed by atoms with Crippen molar-refractivity contribution in [3.05, 3.63) is 0 Å². The number of amides is 2. The Balaban J connectivity index is 1.96. The molecule has 4 N–H and O–H groups in total. The summed E-state index contributed by atoms with van der Waals surface area (Å²) in [5.74, 6) is -0.955. The second-order valence-electron chi connectivity index (χ2n) is 6.36. The van der Waals surface area contributed by atoms with Gasteiger partial charge in [0.25, 0.3) is 0 Å². The lowest BCUT2D eigenvalue weighted by Gasteiger charge is -2.32. The van der Waals surface area contributed by atoms with Crippen LogP contribution >= 0.6 is 0 Å². The fourth-order valence-corrected chi connectivity index (χ4v) is 3.43. The number of aliphatic hydroxyl groups excluding tert-OH is 1. The summed E-state index contributed by atoms with van der Waals surface area (Å²) in [5.41, 5.74) is -1.15. The van der Waals surface area contributed by atoms with E-state index in [1.807, 2.05) is 0 Å². The maximum atomic E-state index is 12.2. The summed E-state index contributed by atoms with van der Waals surface area (Å²) in [6.07, 6.45) is 7.47. The highest BCUT2D eigenvalue weighted by atomic mass is 16.4. The Hall–Kier alpha value is -1.30. The van der Waals surface area contributed by atoms with Crippen molar-refractivity contribution in [2.75, 3.05) is 0 Å². The number of carbonyl (C=O) groups is 2. The number of carboxylic acids is 1. The lowest BCUT2D eigenvalue weighted by molar-refractivity contribution is -0.145. The summed E-state index contributed by atoms with van der Waals surface area (Å²) >= 11 is 0. The molecule has 0 aromatic carbocycles. The predicted molar refractivity (Wildman–Crippen MR) is 78.0 cm³/mol. The number of carboxylic acid groups (broad SMARTS) is 1. The summed E-state index contributed by atoms with van der Waals surface area (Å²) in [6, 6.07) is -0.736. The summed E-state index contributed by atoms with van der Waals surface area (Å²) in [4.78, 5) is 23.8. The van der Waals surface area contributed by atoms with Crippen LogP contribution < -0.4 is 10.6 Å². The van der Waals surface area contributed by atoms with Gasteiger partial charge in [0.1, 0.15) is 5.54 Å². The van der Waals surface area contributed by atoms with E-state index in [1.165, 1.54) is 0 Å². The Bertz CT molecular complexity index is 378. The lowest BCUT2D eigenvalue weighted by Crippen LogP contribution is -2.59. The van der Waals surface area contributed by atoms with Crippen LogP contribution in [0, 0.1) is 0 Å². The quantitative estimate of drug-likeness (QED) is 0.597. The normalized spacial score (nSPS) is 29.2. The van der Waals surface area contributed by atoms with E-state index in [0.717, 1.165) is 44.9 Å². The Morgan fingerprint density at radius 2 is 1.57 bits per heavy atom. The summed E-state index contributed by atoms with van der Waals surface area (Å²) in [5, 5.41) is 24.8. The van der Waals surface area contributed by atoms with Crippen molar-refractivity contribution in [2.24, 2.45) is 0 Å². The molecule has 2 unspecified atom stereocenters. The maximum absolute atomic E-state index is 12.2. The molecule has 2 saturated carbocycles. The van der Waals surface area contributed by atoms with Crippen LogP contribution in [0.15, 0.2) is 0 Å². The zero-order valence-electron chi connectivity index (χ0n) is 12.4. The van der Waals surface area contributed by atoms with Crippen molar-refractivity contribution < 1.29 is 19.8 Å². The SMILES string of the molecule is O=C(NC1CCCCC1O)NC1(C(=O)O)CCCCCC1. The molecular weight excluding hydrogens is 272 g/mol. The van der Waals surface area contributed by atoms with Crippen LogP contribution in [0.4, 0.5) is 4.79 Å². The molecule has 2 aliphatic carbocycles. The highest BCUT2D eigenvalue weighted by molar-refractivity contribution is 5.86. The van der Waals surface area contributed by atoms with Crippen molar-refractivity contribution in [1.82, 2.24) is 10.6 Å². The van der Waals surface area contributed by atoms with Crippen molar-refractivity contribution in [3.63, 3.8) is 0 Å². The smallest absolute Gasteiger partial charge is 0.329 e. The van der Waals surface area contributed by atoms with Gasteiger partial charge in [-0.3, -0.25) is 0 Å². The van der Waals surface area contributed by atoms with E-state index in [4.69, 9.17) is 0 Å². The van der Waals surface area contributed by atoms with Crippen LogP contribution in [0.25, 0.3) is 0 Å². The molecule has 6 nitrogen and oxygen atoms in total. The number of aliphatic hydroxyl groups is 1. The number of urea groups is 1. The topological polar surface area (TPSA) is 98.7 Å². The number of nitrogens with one attached hydrogen (secondary N) is 2. The summed E-state index contributed by atoms with van der Waals surface area (Å²) in [7, 11) is 0. The molecule has 0 heterocycles. The van der Waals surface area contributed by atoms with Crippen LogP contribution in [0.1, 0.15) is 64.2 Å². The predicted octanol–water partition coefficient (Wildman–Crippen LogP) is 1.77. The van der Waals surface area contributed by atoms with Crippen LogP contribution in [0.3, 0.4) is 0 Å². The van der Waals surface area contributed by atoms with Crippen LogP contribution in [0.2, 0.25) is 0 Å². The van der Waals surface area contributed by atoms with Crippen molar-refractivity contribution in [2.45, 2.75) is 81.9 Å². The third kappa shape index (κ3) is 4.09. The molecule has 2 amide bonds. The third-order valence-electron chi connectivity index (χ3n) is 4.77. The van der Waals surface area contributed by atoms with Gasteiger partial charge in [-0.2, -0.15) is 0 Å². The number of rotatable bonds is 3. The molecule has 120 valence electrons. The van der Waals surface area contributed by atoms with Crippen LogP contribution in [-0.4, -0.2) is 39.9 Å². The Labute approximate surface area is 125 Å². The number of hydrogen-bond donors (Lipinski definition) is 4. The second-order valence-corrected chi connectivity index (χ2v) is 6.36. The first-order valence-electron chi connectivity index (χ1n) is 8.04. The van der Waals surface area contributed by atoms with E-state index < -0.39 is 23.6 Å². The minimum Gasteiger partial charge on any atom is -0.480 e. The van der Waals surface area contributed by atoms with E-state index in [9.17, 15) is 19.8 Å². The second kappa shape index (κ2) is 7.11. The van der Waals surface area contributed by atoms with Crippen molar-refractivity contribution in [1.29, 1.82) is 0 Å². The molecule has 6 heteroatoms.